The van der Waals surface area contributed by atoms with E-state index in [1.54, 1.807) is 6.08 Å². The van der Waals surface area contributed by atoms with E-state index in [1.807, 2.05) is 25.1 Å². The maximum atomic E-state index is 12.6. The molecule has 0 N–H and O–H groups in total. The van der Waals surface area contributed by atoms with Gasteiger partial charge in [-0.05, 0) is 49.1 Å². The Morgan fingerprint density at radius 2 is 1.96 bits per heavy atom. The number of rotatable bonds is 5. The third-order valence-electron chi connectivity index (χ3n) is 4.71. The number of benzene rings is 2. The van der Waals surface area contributed by atoms with Crippen molar-refractivity contribution in [2.75, 3.05) is 18.0 Å². The first-order valence-corrected chi connectivity index (χ1v) is 8.76. The molecule has 0 amide bonds. The van der Waals surface area contributed by atoms with Crippen LogP contribution in [0.3, 0.4) is 0 Å². The molecule has 2 aromatic carbocycles. The number of nitro benzene ring substituents is 1. The molecule has 1 aliphatic rings. The second kappa shape index (κ2) is 7.83. The molecule has 1 fully saturated rings. The molecular weight excluding hydrogens is 342 g/mol. The molecule has 0 spiro atoms. The second-order valence-corrected chi connectivity index (χ2v) is 6.54. The van der Waals surface area contributed by atoms with Gasteiger partial charge in [0.05, 0.1) is 4.92 Å². The summed E-state index contributed by atoms with van der Waals surface area (Å²) in [6, 6.07) is 13.3. The highest BCUT2D eigenvalue weighted by Crippen LogP contribution is 2.25. The quantitative estimate of drug-likeness (QED) is 0.261. The third-order valence-corrected chi connectivity index (χ3v) is 4.71. The Hall–Kier alpha value is -3.46. The second-order valence-electron chi connectivity index (χ2n) is 6.54. The monoisotopic (exact) mass is 361 g/mol. The van der Waals surface area contributed by atoms with Gasteiger partial charge in [-0.1, -0.05) is 18.2 Å². The fourth-order valence-corrected chi connectivity index (χ4v) is 3.21. The van der Waals surface area contributed by atoms with Crippen LogP contribution in [0, 0.1) is 28.4 Å². The summed E-state index contributed by atoms with van der Waals surface area (Å²) in [4.78, 5) is 25.3. The molecule has 6 heteroatoms. The summed E-state index contributed by atoms with van der Waals surface area (Å²) < 4.78 is 0. The van der Waals surface area contributed by atoms with E-state index in [2.05, 4.69) is 11.0 Å². The van der Waals surface area contributed by atoms with E-state index in [4.69, 9.17) is 0 Å². The number of non-ortho nitro benzene ring substituents is 1. The highest BCUT2D eigenvalue weighted by atomic mass is 16.6. The van der Waals surface area contributed by atoms with Gasteiger partial charge < -0.3 is 4.90 Å². The summed E-state index contributed by atoms with van der Waals surface area (Å²) in [5.41, 5.74) is 2.80. The summed E-state index contributed by atoms with van der Waals surface area (Å²) in [6.07, 6.45) is 3.93. The number of nitriles is 1. The Labute approximate surface area is 157 Å². The van der Waals surface area contributed by atoms with Gasteiger partial charge >= 0.3 is 0 Å². The zero-order valence-corrected chi connectivity index (χ0v) is 15.0. The summed E-state index contributed by atoms with van der Waals surface area (Å²) in [5.74, 6) is -0.524. The largest absolute Gasteiger partial charge is 0.372 e. The summed E-state index contributed by atoms with van der Waals surface area (Å²) in [7, 11) is 0. The van der Waals surface area contributed by atoms with Crippen molar-refractivity contribution in [2.45, 2.75) is 19.8 Å². The number of aryl methyl sites for hydroxylation is 1. The van der Waals surface area contributed by atoms with Crippen LogP contribution in [-0.2, 0) is 0 Å². The van der Waals surface area contributed by atoms with E-state index in [1.165, 1.54) is 37.1 Å². The number of allylic oxidation sites excluding steroid dienone is 1. The predicted molar refractivity (Wildman–Crippen MR) is 104 cm³/mol. The lowest BCUT2D eigenvalue weighted by molar-refractivity contribution is -0.384. The molecule has 0 aliphatic carbocycles. The first kappa shape index (κ1) is 18.3. The van der Waals surface area contributed by atoms with Gasteiger partial charge in [-0.2, -0.15) is 5.26 Å². The minimum atomic E-state index is -0.562. The van der Waals surface area contributed by atoms with Gasteiger partial charge in [-0.3, -0.25) is 14.9 Å². The molecule has 0 unspecified atom stereocenters. The standard InChI is InChI=1S/C21H19N3O3/c1-15-11-19(23-9-2-3-10-23)8-7-16(15)12-18(14-22)21(25)17-5-4-6-20(13-17)24(26)27/h4-8,11-13H,2-3,9-10H2,1H3/b18-12-. The number of hydrogen-bond acceptors (Lipinski definition) is 5. The van der Waals surface area contributed by atoms with Gasteiger partial charge in [0.25, 0.3) is 5.69 Å². The number of nitrogens with zero attached hydrogens (tertiary/aromatic N) is 3. The minimum Gasteiger partial charge on any atom is -0.372 e. The molecular formula is C21H19N3O3. The first-order chi connectivity index (χ1) is 13.0. The van der Waals surface area contributed by atoms with Gasteiger partial charge in [0.1, 0.15) is 11.6 Å². The van der Waals surface area contributed by atoms with Crippen LogP contribution >= 0.6 is 0 Å². The fourth-order valence-electron chi connectivity index (χ4n) is 3.21. The van der Waals surface area contributed by atoms with Crippen LogP contribution in [0.4, 0.5) is 11.4 Å². The molecule has 0 aromatic heterocycles. The molecule has 0 radical (unpaired) electrons. The average molecular weight is 361 g/mol. The Bertz CT molecular complexity index is 967. The fraction of sp³-hybridized carbons (Fsp3) is 0.238. The summed E-state index contributed by atoms with van der Waals surface area (Å²) in [6.45, 7) is 4.03. The lowest BCUT2D eigenvalue weighted by Crippen LogP contribution is -2.17. The molecule has 1 saturated heterocycles. The van der Waals surface area contributed by atoms with E-state index in [-0.39, 0.29) is 16.8 Å². The number of ketones is 1. The maximum absolute atomic E-state index is 12.6. The van der Waals surface area contributed by atoms with E-state index >= 15 is 0 Å². The lowest BCUT2D eigenvalue weighted by Gasteiger charge is -2.18. The SMILES string of the molecule is Cc1cc(N2CCCC2)ccc1/C=C(/C#N)C(=O)c1cccc([N+](=O)[O-])c1. The number of anilines is 1. The van der Waals surface area contributed by atoms with Crippen molar-refractivity contribution in [3.63, 3.8) is 0 Å². The molecule has 0 bridgehead atoms. The predicted octanol–water partition coefficient (Wildman–Crippen LogP) is 4.29. The molecule has 0 saturated carbocycles. The van der Waals surface area contributed by atoms with Crippen molar-refractivity contribution < 1.29 is 9.72 Å². The van der Waals surface area contributed by atoms with E-state index in [9.17, 15) is 20.2 Å². The van der Waals surface area contributed by atoms with E-state index in [0.29, 0.717) is 0 Å². The molecule has 0 atom stereocenters. The lowest BCUT2D eigenvalue weighted by atomic mass is 9.99. The molecule has 1 heterocycles. The Balaban J connectivity index is 1.90. The van der Waals surface area contributed by atoms with E-state index in [0.717, 1.165) is 29.9 Å². The van der Waals surface area contributed by atoms with Crippen LogP contribution in [0.25, 0.3) is 6.08 Å². The zero-order chi connectivity index (χ0) is 19.4. The first-order valence-electron chi connectivity index (χ1n) is 8.76. The van der Waals surface area contributed by atoms with Crippen LogP contribution in [-0.4, -0.2) is 23.8 Å². The molecule has 1 aliphatic heterocycles. The number of carbonyl (C=O) groups excluding carboxylic acids is 1. The molecule has 27 heavy (non-hydrogen) atoms. The molecule has 6 nitrogen and oxygen atoms in total. The van der Waals surface area contributed by atoms with Crippen molar-refractivity contribution in [1.82, 2.24) is 0 Å². The van der Waals surface area contributed by atoms with Gasteiger partial charge in [0.2, 0.25) is 5.78 Å². The van der Waals surface area contributed by atoms with Gasteiger partial charge in [0.15, 0.2) is 0 Å². The van der Waals surface area contributed by atoms with Crippen molar-refractivity contribution in [3.05, 3.63) is 74.8 Å². The van der Waals surface area contributed by atoms with E-state index < -0.39 is 10.7 Å². The summed E-state index contributed by atoms with van der Waals surface area (Å²) in [5, 5.41) is 20.3. The van der Waals surface area contributed by atoms with Crippen molar-refractivity contribution in [3.8, 4) is 6.07 Å². The van der Waals surface area contributed by atoms with Crippen molar-refractivity contribution in [2.24, 2.45) is 0 Å². The van der Waals surface area contributed by atoms with Gasteiger partial charge in [-0.25, -0.2) is 0 Å². The van der Waals surface area contributed by atoms with Crippen LogP contribution < -0.4 is 4.90 Å². The Kier molecular flexibility index (Phi) is 5.32. The number of hydrogen-bond donors (Lipinski definition) is 0. The minimum absolute atomic E-state index is 0.0486. The van der Waals surface area contributed by atoms with Crippen LogP contribution in [0.1, 0.15) is 34.3 Å². The highest BCUT2D eigenvalue weighted by Gasteiger charge is 2.17. The molecule has 2 aromatic rings. The topological polar surface area (TPSA) is 87.2 Å². The van der Waals surface area contributed by atoms with Crippen molar-refractivity contribution >= 4 is 23.2 Å². The van der Waals surface area contributed by atoms with Crippen LogP contribution in [0.15, 0.2) is 48.0 Å². The Morgan fingerprint density at radius 1 is 1.22 bits per heavy atom. The van der Waals surface area contributed by atoms with Crippen molar-refractivity contribution in [1.29, 1.82) is 5.26 Å². The third kappa shape index (κ3) is 4.04. The Morgan fingerprint density at radius 3 is 2.59 bits per heavy atom. The number of Topliss-reactive ketones (excluding diaryl/α,β-unsaturated/α-hetero) is 1. The number of carbonyl (C=O) groups is 1. The average Bonchev–Trinajstić information content (AvgIpc) is 3.21. The van der Waals surface area contributed by atoms with Crippen LogP contribution in [0.2, 0.25) is 0 Å². The molecule has 3 rings (SSSR count). The maximum Gasteiger partial charge on any atom is 0.270 e. The zero-order valence-electron chi connectivity index (χ0n) is 15.0. The number of nitro groups is 1. The normalized spacial score (nSPS) is 14.1. The van der Waals surface area contributed by atoms with Gasteiger partial charge in [-0.15, -0.1) is 0 Å². The van der Waals surface area contributed by atoms with Gasteiger partial charge in [0, 0.05) is 36.5 Å². The highest BCUT2D eigenvalue weighted by molar-refractivity contribution is 6.14. The summed E-state index contributed by atoms with van der Waals surface area (Å²) >= 11 is 0. The molecule has 136 valence electrons. The van der Waals surface area contributed by atoms with Crippen LogP contribution in [0.5, 0.6) is 0 Å². The smallest absolute Gasteiger partial charge is 0.270 e.